The van der Waals surface area contributed by atoms with E-state index < -0.39 is 6.29 Å². The normalized spacial score (nSPS) is 10.9. The number of rotatable bonds is 5. The van der Waals surface area contributed by atoms with Crippen LogP contribution in [-0.4, -0.2) is 31.3 Å². The van der Waals surface area contributed by atoms with Crippen molar-refractivity contribution < 1.29 is 14.3 Å². The van der Waals surface area contributed by atoms with Crippen LogP contribution in [0.15, 0.2) is 5.38 Å². The van der Waals surface area contributed by atoms with Gasteiger partial charge in [0.1, 0.15) is 5.01 Å². The van der Waals surface area contributed by atoms with Crippen molar-refractivity contribution in [1.82, 2.24) is 4.98 Å². The number of thiazole rings is 1. The third kappa shape index (κ3) is 2.87. The average molecular weight is 215 g/mol. The molecule has 0 radical (unpaired) electrons. The molecule has 1 rings (SSSR count). The van der Waals surface area contributed by atoms with E-state index in [0.29, 0.717) is 0 Å². The molecule has 0 bridgehead atoms. The van der Waals surface area contributed by atoms with Crippen LogP contribution in [0.25, 0.3) is 0 Å². The first kappa shape index (κ1) is 11.3. The van der Waals surface area contributed by atoms with Crippen LogP contribution in [-0.2, 0) is 20.7 Å². The summed E-state index contributed by atoms with van der Waals surface area (Å²) in [5.74, 6) is -0.107. The fourth-order valence-corrected chi connectivity index (χ4v) is 1.86. The molecule has 0 N–H and O–H groups in total. The molecule has 0 aliphatic heterocycles. The number of ether oxygens (including phenoxy) is 2. The molecule has 1 aromatic rings. The van der Waals surface area contributed by atoms with E-state index in [1.165, 1.54) is 25.6 Å². The van der Waals surface area contributed by atoms with E-state index >= 15 is 0 Å². The summed E-state index contributed by atoms with van der Waals surface area (Å²) in [5.41, 5.74) is 0.934. The van der Waals surface area contributed by atoms with Crippen molar-refractivity contribution in [1.29, 1.82) is 0 Å². The number of aromatic nitrogens is 1. The zero-order chi connectivity index (χ0) is 10.6. The van der Waals surface area contributed by atoms with Gasteiger partial charge in [-0.25, -0.2) is 4.98 Å². The van der Waals surface area contributed by atoms with Crippen molar-refractivity contribution >= 4 is 17.1 Å². The molecule has 0 spiro atoms. The van der Waals surface area contributed by atoms with Crippen LogP contribution < -0.4 is 0 Å². The van der Waals surface area contributed by atoms with E-state index in [-0.39, 0.29) is 12.2 Å². The third-order valence-electron chi connectivity index (χ3n) is 1.68. The van der Waals surface area contributed by atoms with Gasteiger partial charge in [-0.15, -0.1) is 11.3 Å². The summed E-state index contributed by atoms with van der Waals surface area (Å²) in [6.07, 6.45) is -0.510. The summed E-state index contributed by atoms with van der Waals surface area (Å²) >= 11 is 1.47. The first-order valence-electron chi connectivity index (χ1n) is 4.16. The highest BCUT2D eigenvalue weighted by molar-refractivity contribution is 7.09. The first-order valence-corrected chi connectivity index (χ1v) is 5.04. The molecule has 0 saturated carbocycles. The highest BCUT2D eigenvalue weighted by atomic mass is 32.1. The maximum Gasteiger partial charge on any atom is 0.217 e. The summed E-state index contributed by atoms with van der Waals surface area (Å²) in [6.45, 7) is 1.90. The molecule has 5 heteroatoms. The predicted molar refractivity (Wildman–Crippen MR) is 53.4 cm³/mol. The quantitative estimate of drug-likeness (QED) is 0.692. The number of nitrogens with zero attached hydrogens (tertiary/aromatic N) is 1. The Morgan fingerprint density at radius 1 is 1.57 bits per heavy atom. The van der Waals surface area contributed by atoms with Gasteiger partial charge in [-0.3, -0.25) is 4.79 Å². The molecular formula is C9H13NO3S. The van der Waals surface area contributed by atoms with Gasteiger partial charge in [0, 0.05) is 25.3 Å². The van der Waals surface area contributed by atoms with Crippen molar-refractivity contribution in [3.8, 4) is 0 Å². The van der Waals surface area contributed by atoms with Crippen molar-refractivity contribution in [2.75, 3.05) is 14.2 Å². The smallest absolute Gasteiger partial charge is 0.217 e. The Balaban J connectivity index is 2.56. The molecule has 4 nitrogen and oxygen atoms in total. The molecule has 0 aliphatic rings. The summed E-state index contributed by atoms with van der Waals surface area (Å²) in [5, 5.41) is 2.71. The number of carbonyl (C=O) groups is 1. The second-order valence-corrected chi connectivity index (χ2v) is 3.77. The van der Waals surface area contributed by atoms with Crippen LogP contribution in [0.5, 0.6) is 0 Å². The molecule has 1 aromatic heterocycles. The minimum atomic E-state index is -0.779. The lowest BCUT2D eigenvalue weighted by Crippen LogP contribution is -2.26. The van der Waals surface area contributed by atoms with Crippen LogP contribution in [0.4, 0.5) is 0 Å². The van der Waals surface area contributed by atoms with Crippen LogP contribution in [0.1, 0.15) is 10.7 Å². The first-order chi connectivity index (χ1) is 6.67. The molecule has 0 aromatic carbocycles. The van der Waals surface area contributed by atoms with Crippen molar-refractivity contribution in [2.24, 2.45) is 0 Å². The second kappa shape index (κ2) is 5.19. The van der Waals surface area contributed by atoms with Gasteiger partial charge in [-0.1, -0.05) is 0 Å². The lowest BCUT2D eigenvalue weighted by molar-refractivity contribution is -0.155. The second-order valence-electron chi connectivity index (χ2n) is 2.83. The Hall–Kier alpha value is -0.780. The highest BCUT2D eigenvalue weighted by Gasteiger charge is 2.18. The Morgan fingerprint density at radius 2 is 2.21 bits per heavy atom. The largest absolute Gasteiger partial charge is 0.349 e. The van der Waals surface area contributed by atoms with Crippen LogP contribution >= 0.6 is 11.3 Å². The zero-order valence-corrected chi connectivity index (χ0v) is 9.26. The van der Waals surface area contributed by atoms with Crippen LogP contribution in [0.2, 0.25) is 0 Å². The van der Waals surface area contributed by atoms with E-state index in [1.807, 2.05) is 12.3 Å². The third-order valence-corrected chi connectivity index (χ3v) is 2.65. The molecule has 0 aliphatic carbocycles. The SMILES string of the molecule is COC(OC)C(=O)Cc1nc(C)cs1. The Labute approximate surface area is 86.9 Å². The minimum Gasteiger partial charge on any atom is -0.349 e. The number of aryl methyl sites for hydroxylation is 1. The molecule has 78 valence electrons. The summed E-state index contributed by atoms with van der Waals surface area (Å²) in [4.78, 5) is 15.7. The fourth-order valence-electron chi connectivity index (χ4n) is 1.08. The molecule has 0 unspecified atom stereocenters. The van der Waals surface area contributed by atoms with Gasteiger partial charge in [0.2, 0.25) is 6.29 Å². The lowest BCUT2D eigenvalue weighted by Gasteiger charge is -2.10. The van der Waals surface area contributed by atoms with Crippen molar-refractivity contribution in [3.05, 3.63) is 16.1 Å². The number of ketones is 1. The van der Waals surface area contributed by atoms with Gasteiger partial charge in [0.05, 0.1) is 6.42 Å². The maximum atomic E-state index is 11.5. The molecule has 0 fully saturated rings. The lowest BCUT2D eigenvalue weighted by atomic mass is 10.3. The number of methoxy groups -OCH3 is 2. The molecule has 14 heavy (non-hydrogen) atoms. The standard InChI is InChI=1S/C9H13NO3S/c1-6-5-14-8(10-6)4-7(11)9(12-2)13-3/h5,9H,4H2,1-3H3. The fraction of sp³-hybridized carbons (Fsp3) is 0.556. The van der Waals surface area contributed by atoms with E-state index in [1.54, 1.807) is 0 Å². The van der Waals surface area contributed by atoms with E-state index in [0.717, 1.165) is 10.7 Å². The number of Topliss-reactive ketones (excluding diaryl/α,β-unsaturated/α-hetero) is 1. The number of hydrogen-bond acceptors (Lipinski definition) is 5. The molecule has 0 atom stereocenters. The predicted octanol–water partition coefficient (Wildman–Crippen LogP) is 1.18. The summed E-state index contributed by atoms with van der Waals surface area (Å²) in [7, 11) is 2.89. The van der Waals surface area contributed by atoms with Gasteiger partial charge < -0.3 is 9.47 Å². The maximum absolute atomic E-state index is 11.5. The van der Waals surface area contributed by atoms with E-state index in [2.05, 4.69) is 4.98 Å². The monoisotopic (exact) mass is 215 g/mol. The molecule has 0 amide bonds. The zero-order valence-electron chi connectivity index (χ0n) is 8.44. The molecule has 0 saturated heterocycles. The number of carbonyl (C=O) groups excluding carboxylic acids is 1. The Bertz CT molecular complexity index is 307. The van der Waals surface area contributed by atoms with Gasteiger partial charge in [0.15, 0.2) is 5.78 Å². The van der Waals surface area contributed by atoms with Gasteiger partial charge >= 0.3 is 0 Å². The van der Waals surface area contributed by atoms with E-state index in [4.69, 9.17) is 9.47 Å². The number of hydrogen-bond donors (Lipinski definition) is 0. The summed E-state index contributed by atoms with van der Waals surface area (Å²) in [6, 6.07) is 0. The Kier molecular flexibility index (Phi) is 4.19. The molecule has 1 heterocycles. The van der Waals surface area contributed by atoms with Gasteiger partial charge in [-0.05, 0) is 6.92 Å². The average Bonchev–Trinajstić information content (AvgIpc) is 2.53. The minimum absolute atomic E-state index is 0.107. The van der Waals surface area contributed by atoms with Gasteiger partial charge in [-0.2, -0.15) is 0 Å². The summed E-state index contributed by atoms with van der Waals surface area (Å²) < 4.78 is 9.69. The van der Waals surface area contributed by atoms with Gasteiger partial charge in [0.25, 0.3) is 0 Å². The van der Waals surface area contributed by atoms with Crippen LogP contribution in [0.3, 0.4) is 0 Å². The Morgan fingerprint density at radius 3 is 2.64 bits per heavy atom. The van der Waals surface area contributed by atoms with Crippen molar-refractivity contribution in [3.63, 3.8) is 0 Å². The van der Waals surface area contributed by atoms with Crippen LogP contribution in [0, 0.1) is 6.92 Å². The highest BCUT2D eigenvalue weighted by Crippen LogP contribution is 2.11. The molecular weight excluding hydrogens is 202 g/mol. The van der Waals surface area contributed by atoms with Crippen molar-refractivity contribution in [2.45, 2.75) is 19.6 Å². The van der Waals surface area contributed by atoms with E-state index in [9.17, 15) is 4.79 Å². The topological polar surface area (TPSA) is 48.4 Å².